The number of halogens is 3. The van der Waals surface area contributed by atoms with Gasteiger partial charge in [-0.3, -0.25) is 9.59 Å². The van der Waals surface area contributed by atoms with E-state index in [4.69, 9.17) is 5.73 Å². The van der Waals surface area contributed by atoms with Gasteiger partial charge in [0.15, 0.2) is 0 Å². The third kappa shape index (κ3) is 3.93. The maximum absolute atomic E-state index is 13.2. The fourth-order valence-corrected chi connectivity index (χ4v) is 6.84. The zero-order chi connectivity index (χ0) is 23.5. The summed E-state index contributed by atoms with van der Waals surface area (Å²) in [6.45, 7) is 0. The Hall–Kier alpha value is -2.77. The van der Waals surface area contributed by atoms with Crippen molar-refractivity contribution >= 4 is 11.8 Å². The summed E-state index contributed by atoms with van der Waals surface area (Å²) in [7, 11) is 1.78. The fraction of sp³-hybridized carbons (Fsp3) is 0.520. The van der Waals surface area contributed by atoms with Gasteiger partial charge in [0.1, 0.15) is 5.69 Å². The van der Waals surface area contributed by atoms with Crippen molar-refractivity contribution in [3.8, 4) is 11.3 Å². The number of nitrogens with one attached hydrogen (secondary N) is 1. The molecule has 1 heterocycles. The Balaban J connectivity index is 1.31. The number of hydrogen-bond donors (Lipinski definition) is 2. The van der Waals surface area contributed by atoms with Gasteiger partial charge in [-0.2, -0.15) is 13.2 Å². The number of aromatic nitrogens is 1. The highest BCUT2D eigenvalue weighted by Crippen LogP contribution is 2.59. The van der Waals surface area contributed by atoms with Crippen molar-refractivity contribution in [1.82, 2.24) is 9.88 Å². The maximum atomic E-state index is 13.2. The molecular weight excluding hydrogens is 431 g/mol. The number of nitrogens with two attached hydrogens (primary N) is 1. The number of benzene rings is 1. The molecule has 0 aliphatic heterocycles. The molecule has 4 aliphatic rings. The minimum atomic E-state index is -4.24. The molecule has 2 atom stereocenters. The quantitative estimate of drug-likeness (QED) is 0.703. The van der Waals surface area contributed by atoms with E-state index in [2.05, 4.69) is 5.32 Å². The molecule has 3 N–H and O–H groups in total. The number of alkyl halides is 3. The van der Waals surface area contributed by atoms with Crippen molar-refractivity contribution in [1.29, 1.82) is 0 Å². The summed E-state index contributed by atoms with van der Waals surface area (Å²) in [5, 5.41) is 3.24. The van der Waals surface area contributed by atoms with Gasteiger partial charge in [0.25, 0.3) is 5.91 Å². The molecule has 1 aromatic carbocycles. The molecule has 4 aliphatic carbocycles. The van der Waals surface area contributed by atoms with Crippen LogP contribution < -0.4 is 11.1 Å². The van der Waals surface area contributed by atoms with Gasteiger partial charge in [-0.25, -0.2) is 0 Å². The van der Waals surface area contributed by atoms with Crippen LogP contribution >= 0.6 is 0 Å². The Morgan fingerprint density at radius 2 is 1.70 bits per heavy atom. The van der Waals surface area contributed by atoms with E-state index in [1.54, 1.807) is 29.8 Å². The van der Waals surface area contributed by atoms with Gasteiger partial charge in [-0.05, 0) is 73.1 Å². The van der Waals surface area contributed by atoms with E-state index in [0.717, 1.165) is 43.4 Å². The number of nitrogens with zero attached hydrogens (tertiary/aromatic N) is 1. The van der Waals surface area contributed by atoms with Crippen molar-refractivity contribution < 1.29 is 22.8 Å². The lowest BCUT2D eigenvalue weighted by Gasteiger charge is -2.58. The van der Waals surface area contributed by atoms with Crippen LogP contribution in [0, 0.1) is 23.2 Å². The molecule has 6 rings (SSSR count). The Kier molecular flexibility index (Phi) is 5.10. The Bertz CT molecular complexity index is 1070. The van der Waals surface area contributed by atoms with Crippen LogP contribution in [0.4, 0.5) is 13.2 Å². The molecule has 4 bridgehead atoms. The Labute approximate surface area is 190 Å². The highest BCUT2D eigenvalue weighted by molar-refractivity contribution is 5.94. The Morgan fingerprint density at radius 3 is 2.27 bits per heavy atom. The van der Waals surface area contributed by atoms with Crippen LogP contribution in [0.1, 0.15) is 48.2 Å². The number of primary amides is 1. The fourth-order valence-electron chi connectivity index (χ4n) is 6.84. The summed E-state index contributed by atoms with van der Waals surface area (Å²) < 4.78 is 39.6. The van der Waals surface area contributed by atoms with Crippen molar-refractivity contribution in [2.75, 3.05) is 0 Å². The first-order valence-electron chi connectivity index (χ1n) is 11.5. The second kappa shape index (κ2) is 7.64. The molecule has 1 aromatic heterocycles. The van der Waals surface area contributed by atoms with Crippen LogP contribution in [0.5, 0.6) is 0 Å². The predicted octanol–water partition coefficient (Wildman–Crippen LogP) is 4.21. The molecule has 33 heavy (non-hydrogen) atoms. The normalized spacial score (nSPS) is 30.4. The minimum Gasteiger partial charge on any atom is -0.369 e. The van der Waals surface area contributed by atoms with Gasteiger partial charge in [0.2, 0.25) is 5.91 Å². The molecule has 0 saturated heterocycles. The smallest absolute Gasteiger partial charge is 0.369 e. The molecular formula is C25H28F3N3O2. The largest absolute Gasteiger partial charge is 0.393 e. The number of carbonyl (C=O) groups is 2. The first-order valence-corrected chi connectivity index (χ1v) is 11.5. The molecule has 4 fully saturated rings. The Morgan fingerprint density at radius 1 is 1.06 bits per heavy atom. The van der Waals surface area contributed by atoms with Crippen molar-refractivity contribution in [2.45, 2.75) is 50.7 Å². The summed E-state index contributed by atoms with van der Waals surface area (Å²) in [6, 6.07) is 9.85. The maximum Gasteiger partial charge on any atom is 0.393 e. The monoisotopic (exact) mass is 459 g/mol. The van der Waals surface area contributed by atoms with E-state index >= 15 is 0 Å². The average molecular weight is 460 g/mol. The van der Waals surface area contributed by atoms with Crippen molar-refractivity contribution in [2.24, 2.45) is 36.0 Å². The molecule has 4 saturated carbocycles. The lowest BCUT2D eigenvalue weighted by atomic mass is 9.47. The predicted molar refractivity (Wildman–Crippen MR) is 117 cm³/mol. The van der Waals surface area contributed by atoms with Crippen LogP contribution in [0.25, 0.3) is 11.3 Å². The first-order chi connectivity index (χ1) is 15.5. The van der Waals surface area contributed by atoms with Gasteiger partial charge in [0, 0.05) is 24.2 Å². The molecule has 2 aromatic rings. The average Bonchev–Trinajstić information content (AvgIpc) is 3.11. The third-order valence-corrected chi connectivity index (χ3v) is 8.10. The summed E-state index contributed by atoms with van der Waals surface area (Å²) in [5.41, 5.74) is 7.58. The van der Waals surface area contributed by atoms with E-state index in [-0.39, 0.29) is 35.3 Å². The van der Waals surface area contributed by atoms with Crippen molar-refractivity contribution in [3.05, 3.63) is 47.7 Å². The van der Waals surface area contributed by atoms with Crippen LogP contribution in [0.3, 0.4) is 0 Å². The van der Waals surface area contributed by atoms with E-state index in [1.165, 1.54) is 12.1 Å². The SMILES string of the molecule is Cn1c(C(=O)NC2C3CC4CC2CC(C(N)=O)(C4)C3)ccc1-c1ccc(CC(F)(F)F)cc1. The topological polar surface area (TPSA) is 77.1 Å². The zero-order valence-corrected chi connectivity index (χ0v) is 18.5. The summed E-state index contributed by atoms with van der Waals surface area (Å²) in [5.74, 6) is 0.704. The van der Waals surface area contributed by atoms with Crippen LogP contribution in [0.15, 0.2) is 36.4 Å². The molecule has 2 amide bonds. The summed E-state index contributed by atoms with van der Waals surface area (Å²) in [4.78, 5) is 25.3. The van der Waals surface area contributed by atoms with Gasteiger partial charge >= 0.3 is 6.18 Å². The molecule has 0 radical (unpaired) electrons. The van der Waals surface area contributed by atoms with Crippen molar-refractivity contribution in [3.63, 3.8) is 0 Å². The highest BCUT2D eigenvalue weighted by Gasteiger charge is 2.58. The molecule has 176 valence electrons. The van der Waals surface area contributed by atoms with E-state index in [1.807, 2.05) is 6.07 Å². The second-order valence-corrected chi connectivity index (χ2v) is 10.3. The van der Waals surface area contributed by atoms with Gasteiger partial charge in [0.05, 0.1) is 6.42 Å². The molecule has 0 spiro atoms. The van der Waals surface area contributed by atoms with Gasteiger partial charge in [-0.1, -0.05) is 24.3 Å². The number of amides is 2. The number of rotatable bonds is 5. The van der Waals surface area contributed by atoms with Crippen LogP contribution in [-0.2, 0) is 18.3 Å². The van der Waals surface area contributed by atoms with Crippen LogP contribution in [-0.4, -0.2) is 28.6 Å². The standard InChI is InChI=1S/C25H28F3N3O2/c1-31-19(16-4-2-14(3-5-16)11-25(26,27)28)6-7-20(31)22(32)30-21-17-8-15-9-18(21)13-24(10-15,12-17)23(29)33/h2-7,15,17-18,21H,8-13H2,1H3,(H2,29,33)(H,30,32). The molecule has 8 heteroatoms. The second-order valence-electron chi connectivity index (χ2n) is 10.3. The van der Waals surface area contributed by atoms with Gasteiger partial charge < -0.3 is 15.6 Å². The number of hydrogen-bond acceptors (Lipinski definition) is 2. The summed E-state index contributed by atoms with van der Waals surface area (Å²) >= 11 is 0. The highest BCUT2D eigenvalue weighted by atomic mass is 19.4. The zero-order valence-electron chi connectivity index (χ0n) is 18.5. The van der Waals surface area contributed by atoms with Crippen LogP contribution in [0.2, 0.25) is 0 Å². The van der Waals surface area contributed by atoms with E-state index in [9.17, 15) is 22.8 Å². The number of carbonyl (C=O) groups excluding carboxylic acids is 2. The summed E-state index contributed by atoms with van der Waals surface area (Å²) in [6.07, 6.45) is -0.758. The van der Waals surface area contributed by atoms with E-state index in [0.29, 0.717) is 11.6 Å². The first kappa shape index (κ1) is 22.0. The van der Waals surface area contributed by atoms with E-state index < -0.39 is 18.0 Å². The molecule has 5 nitrogen and oxygen atoms in total. The minimum absolute atomic E-state index is 0.0431. The lowest BCUT2D eigenvalue weighted by molar-refractivity contribution is -0.145. The lowest BCUT2D eigenvalue weighted by Crippen LogP contribution is -2.62. The van der Waals surface area contributed by atoms with Gasteiger partial charge in [-0.15, -0.1) is 0 Å². The third-order valence-electron chi connectivity index (χ3n) is 8.10. The molecule has 2 unspecified atom stereocenters.